The molecule has 1 saturated heterocycles. The van der Waals surface area contributed by atoms with E-state index in [0.717, 1.165) is 47.4 Å². The van der Waals surface area contributed by atoms with Crippen molar-refractivity contribution in [3.8, 4) is 11.5 Å². The molecule has 0 aliphatic carbocycles. The molecule has 5 rings (SSSR count). The third kappa shape index (κ3) is 3.94. The van der Waals surface area contributed by atoms with Crippen LogP contribution in [0.2, 0.25) is 0 Å². The molecule has 2 aromatic carbocycles. The molecular weight excluding hydrogens is 486 g/mol. The third-order valence-corrected chi connectivity index (χ3v) is 6.72. The summed E-state index contributed by atoms with van der Waals surface area (Å²) in [5.41, 5.74) is 1.61. The van der Waals surface area contributed by atoms with E-state index in [1.165, 1.54) is 12.8 Å². The lowest BCUT2D eigenvalue weighted by molar-refractivity contribution is 0.354. The number of methoxy groups -OCH3 is 2. The van der Waals surface area contributed by atoms with Crippen LogP contribution in [-0.2, 0) is 6.54 Å². The second kappa shape index (κ2) is 9.05. The van der Waals surface area contributed by atoms with Crippen molar-refractivity contribution in [3.63, 3.8) is 0 Å². The van der Waals surface area contributed by atoms with Gasteiger partial charge in [-0.3, -0.25) is 9.36 Å². The quantitative estimate of drug-likeness (QED) is 0.398. The van der Waals surface area contributed by atoms with E-state index >= 15 is 0 Å². The smallest absolute Gasteiger partial charge is 0.263 e. The Kier molecular flexibility index (Phi) is 5.97. The van der Waals surface area contributed by atoms with Crippen molar-refractivity contribution in [2.75, 3.05) is 32.2 Å². The number of benzene rings is 2. The molecule has 0 bridgehead atoms. The molecule has 0 unspecified atom stereocenters. The molecule has 33 heavy (non-hydrogen) atoms. The summed E-state index contributed by atoms with van der Waals surface area (Å²) in [6.07, 6.45) is 4.71. The molecule has 0 N–H and O–H groups in total. The van der Waals surface area contributed by atoms with Crippen molar-refractivity contribution in [2.24, 2.45) is 0 Å². The molecule has 0 atom stereocenters. The van der Waals surface area contributed by atoms with Crippen LogP contribution in [0, 0.1) is 0 Å². The minimum atomic E-state index is -0.108. The summed E-state index contributed by atoms with van der Waals surface area (Å²) in [4.78, 5) is 15.9. The number of hydrogen-bond donors (Lipinski definition) is 0. The molecule has 0 amide bonds. The predicted molar refractivity (Wildman–Crippen MR) is 132 cm³/mol. The zero-order chi connectivity index (χ0) is 22.9. The van der Waals surface area contributed by atoms with Crippen LogP contribution in [0.1, 0.15) is 31.2 Å². The molecular formula is C24H26BrN5O3. The van der Waals surface area contributed by atoms with Gasteiger partial charge in [0.05, 0.1) is 31.7 Å². The molecule has 0 saturated carbocycles. The molecule has 8 nitrogen and oxygen atoms in total. The van der Waals surface area contributed by atoms with E-state index < -0.39 is 0 Å². The number of hydrogen-bond acceptors (Lipinski definition) is 6. The molecule has 1 aliphatic rings. The van der Waals surface area contributed by atoms with Crippen molar-refractivity contribution in [3.05, 3.63) is 56.8 Å². The summed E-state index contributed by atoms with van der Waals surface area (Å²) in [6.45, 7) is 2.21. The summed E-state index contributed by atoms with van der Waals surface area (Å²) in [5.74, 6) is 2.59. The van der Waals surface area contributed by atoms with Gasteiger partial charge in [-0.15, -0.1) is 10.2 Å². The second-order valence-corrected chi connectivity index (χ2v) is 9.19. The molecule has 1 fully saturated rings. The van der Waals surface area contributed by atoms with Crippen molar-refractivity contribution in [2.45, 2.75) is 32.2 Å². The summed E-state index contributed by atoms with van der Waals surface area (Å²) in [7, 11) is 3.21. The summed E-state index contributed by atoms with van der Waals surface area (Å²) < 4.78 is 15.4. The lowest BCUT2D eigenvalue weighted by Crippen LogP contribution is -2.28. The van der Waals surface area contributed by atoms with E-state index in [-0.39, 0.29) is 5.56 Å². The summed E-state index contributed by atoms with van der Waals surface area (Å²) in [5, 5.41) is 9.68. The molecule has 9 heteroatoms. The molecule has 4 aromatic rings. The molecule has 1 aliphatic heterocycles. The predicted octanol–water partition coefficient (Wildman–Crippen LogP) is 4.25. The number of fused-ring (bicyclic) bond motifs is 3. The van der Waals surface area contributed by atoms with Gasteiger partial charge in [0, 0.05) is 17.6 Å². The van der Waals surface area contributed by atoms with Crippen LogP contribution < -0.4 is 19.9 Å². The maximum atomic E-state index is 13.6. The maximum absolute atomic E-state index is 13.6. The van der Waals surface area contributed by atoms with Gasteiger partial charge in [0.2, 0.25) is 11.7 Å². The first-order valence-electron chi connectivity index (χ1n) is 11.1. The standard InChI is InChI=1S/C24H26BrN5O3/c1-32-20-10-7-16(13-21(20)33-2)15-29-22(31)18-14-17(25)8-9-19(18)30-23(26-27-24(29)30)28-11-5-3-4-6-12-28/h7-10,13-14H,3-6,11-12,15H2,1-2H3. The normalized spacial score (nSPS) is 14.6. The van der Waals surface area contributed by atoms with E-state index in [1.807, 2.05) is 40.8 Å². The monoisotopic (exact) mass is 511 g/mol. The Morgan fingerprint density at radius 3 is 2.42 bits per heavy atom. The Balaban J connectivity index is 1.71. The zero-order valence-electron chi connectivity index (χ0n) is 18.8. The van der Waals surface area contributed by atoms with Gasteiger partial charge >= 0.3 is 0 Å². The van der Waals surface area contributed by atoms with E-state index in [2.05, 4.69) is 31.0 Å². The van der Waals surface area contributed by atoms with Gasteiger partial charge in [0.1, 0.15) is 0 Å². The van der Waals surface area contributed by atoms with E-state index in [1.54, 1.807) is 18.8 Å². The van der Waals surface area contributed by atoms with Gasteiger partial charge in [0.15, 0.2) is 11.5 Å². The lowest BCUT2D eigenvalue weighted by Gasteiger charge is -2.21. The molecule has 0 spiro atoms. The van der Waals surface area contributed by atoms with Gasteiger partial charge < -0.3 is 14.4 Å². The van der Waals surface area contributed by atoms with Crippen LogP contribution in [0.3, 0.4) is 0 Å². The average Bonchev–Trinajstić information content (AvgIpc) is 3.08. The number of aromatic nitrogens is 4. The Morgan fingerprint density at radius 1 is 0.939 bits per heavy atom. The zero-order valence-corrected chi connectivity index (χ0v) is 20.3. The largest absolute Gasteiger partial charge is 0.493 e. The first-order chi connectivity index (χ1) is 16.1. The number of nitrogens with zero attached hydrogens (tertiary/aromatic N) is 5. The van der Waals surface area contributed by atoms with E-state index in [0.29, 0.717) is 29.2 Å². The number of halogens is 1. The fourth-order valence-corrected chi connectivity index (χ4v) is 4.91. The Bertz CT molecular complexity index is 1370. The maximum Gasteiger partial charge on any atom is 0.263 e. The van der Waals surface area contributed by atoms with Crippen molar-refractivity contribution in [1.29, 1.82) is 0 Å². The van der Waals surface area contributed by atoms with Crippen LogP contribution in [0.15, 0.2) is 45.7 Å². The number of rotatable bonds is 5. The van der Waals surface area contributed by atoms with Gasteiger partial charge in [-0.2, -0.15) is 0 Å². The first kappa shape index (κ1) is 21.8. The first-order valence-corrected chi connectivity index (χ1v) is 11.9. The van der Waals surface area contributed by atoms with E-state index in [9.17, 15) is 4.79 Å². The highest BCUT2D eigenvalue weighted by atomic mass is 79.9. The number of anilines is 1. The fraction of sp³-hybridized carbons (Fsp3) is 0.375. The van der Waals surface area contributed by atoms with Crippen LogP contribution in [0.4, 0.5) is 5.95 Å². The Labute approximate surface area is 199 Å². The molecule has 2 aromatic heterocycles. The van der Waals surface area contributed by atoms with E-state index in [4.69, 9.17) is 9.47 Å². The van der Waals surface area contributed by atoms with Gasteiger partial charge in [0.25, 0.3) is 5.56 Å². The highest BCUT2D eigenvalue weighted by molar-refractivity contribution is 9.10. The Hall–Kier alpha value is -3.07. The third-order valence-electron chi connectivity index (χ3n) is 6.22. The van der Waals surface area contributed by atoms with Gasteiger partial charge in [-0.25, -0.2) is 4.40 Å². The topological polar surface area (TPSA) is 73.9 Å². The van der Waals surface area contributed by atoms with Crippen LogP contribution in [0.25, 0.3) is 16.7 Å². The molecule has 0 radical (unpaired) electrons. The van der Waals surface area contributed by atoms with Crippen molar-refractivity contribution < 1.29 is 9.47 Å². The van der Waals surface area contributed by atoms with Crippen molar-refractivity contribution >= 4 is 38.6 Å². The lowest BCUT2D eigenvalue weighted by atomic mass is 10.2. The molecule has 3 heterocycles. The van der Waals surface area contributed by atoms with Crippen molar-refractivity contribution in [1.82, 2.24) is 19.2 Å². The molecule has 172 valence electrons. The second-order valence-electron chi connectivity index (χ2n) is 8.28. The highest BCUT2D eigenvalue weighted by Crippen LogP contribution is 2.29. The van der Waals surface area contributed by atoms with Gasteiger partial charge in [-0.05, 0) is 48.7 Å². The average molecular weight is 512 g/mol. The minimum absolute atomic E-state index is 0.108. The summed E-state index contributed by atoms with van der Waals surface area (Å²) >= 11 is 3.52. The highest BCUT2D eigenvalue weighted by Gasteiger charge is 2.22. The fourth-order valence-electron chi connectivity index (χ4n) is 4.55. The SMILES string of the molecule is COc1ccc(Cn2c(=O)c3cc(Br)ccc3n3c(N4CCCCCC4)nnc23)cc1OC. The van der Waals surface area contributed by atoms with Crippen LogP contribution in [0.5, 0.6) is 11.5 Å². The van der Waals surface area contributed by atoms with Gasteiger partial charge in [-0.1, -0.05) is 34.8 Å². The minimum Gasteiger partial charge on any atom is -0.493 e. The number of ether oxygens (including phenoxy) is 2. The van der Waals surface area contributed by atoms with Crippen LogP contribution in [-0.4, -0.2) is 46.5 Å². The Morgan fingerprint density at radius 2 is 1.70 bits per heavy atom. The van der Waals surface area contributed by atoms with Crippen LogP contribution >= 0.6 is 15.9 Å². The summed E-state index contributed by atoms with van der Waals surface area (Å²) in [6, 6.07) is 11.4.